The highest BCUT2D eigenvalue weighted by Gasteiger charge is 2.30. The van der Waals surface area contributed by atoms with Crippen molar-refractivity contribution in [3.8, 4) is 0 Å². The second-order valence-corrected chi connectivity index (χ2v) is 6.15. The maximum Gasteiger partial charge on any atom is 0.416 e. The monoisotopic (exact) mass is 385 g/mol. The average Bonchev–Trinajstić information content (AvgIpc) is 3.18. The van der Waals surface area contributed by atoms with Gasteiger partial charge < -0.3 is 5.32 Å². The minimum absolute atomic E-state index is 0.309. The van der Waals surface area contributed by atoms with E-state index < -0.39 is 11.7 Å². The number of nitrogens with zero attached hydrogens (tertiary/aromatic N) is 2. The van der Waals surface area contributed by atoms with Crippen LogP contribution in [0.4, 0.5) is 13.2 Å². The van der Waals surface area contributed by atoms with Crippen LogP contribution in [-0.4, -0.2) is 15.7 Å². The first-order valence-corrected chi connectivity index (χ1v) is 8.59. The van der Waals surface area contributed by atoms with Crippen molar-refractivity contribution in [2.45, 2.75) is 19.3 Å². The maximum absolute atomic E-state index is 12.7. The summed E-state index contributed by atoms with van der Waals surface area (Å²) in [6, 6.07) is 14.3. The third kappa shape index (κ3) is 5.33. The van der Waals surface area contributed by atoms with Crippen molar-refractivity contribution in [3.05, 3.63) is 95.3 Å². The summed E-state index contributed by atoms with van der Waals surface area (Å²) in [4.78, 5) is 12.1. The Hall–Kier alpha value is -3.35. The van der Waals surface area contributed by atoms with Gasteiger partial charge in [0.1, 0.15) is 0 Å². The molecule has 0 spiro atoms. The lowest BCUT2D eigenvalue weighted by molar-refractivity contribution is -0.137. The molecule has 3 aromatic rings. The van der Waals surface area contributed by atoms with Crippen LogP contribution < -0.4 is 5.32 Å². The highest BCUT2D eigenvalue weighted by atomic mass is 19.4. The average molecular weight is 385 g/mol. The van der Waals surface area contributed by atoms with E-state index in [0.29, 0.717) is 18.7 Å². The molecule has 3 rings (SSSR count). The molecule has 7 heteroatoms. The summed E-state index contributed by atoms with van der Waals surface area (Å²) in [7, 11) is 0. The highest BCUT2D eigenvalue weighted by Crippen LogP contribution is 2.29. The number of nitrogens with one attached hydrogen (secondary N) is 1. The van der Waals surface area contributed by atoms with Crippen molar-refractivity contribution >= 4 is 12.0 Å². The van der Waals surface area contributed by atoms with E-state index in [-0.39, 0.29) is 5.91 Å². The third-order valence-corrected chi connectivity index (χ3v) is 4.10. The Morgan fingerprint density at radius 1 is 1.07 bits per heavy atom. The SMILES string of the molecule is O=C(/C=C/c1cccc(C(F)(F)F)c1)NCc1ccccc1Cn1cccn1. The van der Waals surface area contributed by atoms with Gasteiger partial charge in [-0.15, -0.1) is 0 Å². The van der Waals surface area contributed by atoms with Crippen LogP contribution in [0.2, 0.25) is 0 Å². The minimum atomic E-state index is -4.41. The summed E-state index contributed by atoms with van der Waals surface area (Å²) in [5, 5.41) is 6.93. The van der Waals surface area contributed by atoms with Gasteiger partial charge in [0.2, 0.25) is 5.91 Å². The molecular formula is C21H18F3N3O. The molecule has 0 unspecified atom stereocenters. The zero-order valence-electron chi connectivity index (χ0n) is 14.9. The Labute approximate surface area is 160 Å². The topological polar surface area (TPSA) is 46.9 Å². The number of halogens is 3. The van der Waals surface area contributed by atoms with Gasteiger partial charge >= 0.3 is 6.18 Å². The summed E-state index contributed by atoms with van der Waals surface area (Å²) in [6.45, 7) is 0.891. The second kappa shape index (κ2) is 8.56. The second-order valence-electron chi connectivity index (χ2n) is 6.15. The van der Waals surface area contributed by atoms with Crippen molar-refractivity contribution < 1.29 is 18.0 Å². The Balaban J connectivity index is 1.61. The number of carbonyl (C=O) groups is 1. The largest absolute Gasteiger partial charge is 0.416 e. The van der Waals surface area contributed by atoms with E-state index in [4.69, 9.17) is 0 Å². The molecular weight excluding hydrogens is 367 g/mol. The molecule has 1 N–H and O–H groups in total. The van der Waals surface area contributed by atoms with E-state index in [9.17, 15) is 18.0 Å². The lowest BCUT2D eigenvalue weighted by Crippen LogP contribution is -2.21. The molecule has 1 aromatic heterocycles. The molecule has 0 fully saturated rings. The summed E-state index contributed by atoms with van der Waals surface area (Å²) >= 11 is 0. The first kappa shape index (κ1) is 19.4. The zero-order valence-corrected chi connectivity index (χ0v) is 14.9. The molecule has 1 heterocycles. The number of alkyl halides is 3. The maximum atomic E-state index is 12.7. The summed E-state index contributed by atoms with van der Waals surface area (Å²) < 4.78 is 40.0. The van der Waals surface area contributed by atoms with Crippen LogP contribution >= 0.6 is 0 Å². The van der Waals surface area contributed by atoms with Gasteiger partial charge in [-0.3, -0.25) is 9.48 Å². The lowest BCUT2D eigenvalue weighted by Gasteiger charge is -2.10. The van der Waals surface area contributed by atoms with Crippen LogP contribution in [0.25, 0.3) is 6.08 Å². The van der Waals surface area contributed by atoms with Gasteiger partial charge in [-0.05, 0) is 41.0 Å². The van der Waals surface area contributed by atoms with Gasteiger partial charge in [0, 0.05) is 25.0 Å². The number of hydrogen-bond donors (Lipinski definition) is 1. The van der Waals surface area contributed by atoms with E-state index in [1.165, 1.54) is 24.3 Å². The van der Waals surface area contributed by atoms with E-state index in [2.05, 4.69) is 10.4 Å². The molecule has 28 heavy (non-hydrogen) atoms. The summed E-state index contributed by atoms with van der Waals surface area (Å²) in [5.41, 5.74) is 1.53. The molecule has 0 saturated carbocycles. The van der Waals surface area contributed by atoms with Gasteiger partial charge in [-0.1, -0.05) is 36.4 Å². The number of rotatable bonds is 6. The van der Waals surface area contributed by atoms with Gasteiger partial charge in [0.25, 0.3) is 0 Å². The minimum Gasteiger partial charge on any atom is -0.348 e. The predicted octanol–water partition coefficient (Wildman–Crippen LogP) is 4.28. The van der Waals surface area contributed by atoms with Crippen molar-refractivity contribution in [2.75, 3.05) is 0 Å². The van der Waals surface area contributed by atoms with Crippen LogP contribution in [-0.2, 0) is 24.1 Å². The van der Waals surface area contributed by atoms with Gasteiger partial charge in [0.05, 0.1) is 12.1 Å². The van der Waals surface area contributed by atoms with Crippen molar-refractivity contribution in [3.63, 3.8) is 0 Å². The number of carbonyl (C=O) groups excluding carboxylic acids is 1. The van der Waals surface area contributed by atoms with Crippen molar-refractivity contribution in [1.82, 2.24) is 15.1 Å². The molecule has 4 nitrogen and oxygen atoms in total. The van der Waals surface area contributed by atoms with Gasteiger partial charge in [0.15, 0.2) is 0 Å². The third-order valence-electron chi connectivity index (χ3n) is 4.10. The van der Waals surface area contributed by atoms with E-state index in [1.807, 2.05) is 36.5 Å². The molecule has 2 aromatic carbocycles. The summed E-state index contributed by atoms with van der Waals surface area (Å²) in [6.07, 6.45) is 1.73. The molecule has 0 bridgehead atoms. The summed E-state index contributed by atoms with van der Waals surface area (Å²) in [5.74, 6) is -0.383. The normalized spacial score (nSPS) is 11.7. The molecule has 0 aliphatic carbocycles. The quantitative estimate of drug-likeness (QED) is 0.644. The van der Waals surface area contributed by atoms with Crippen LogP contribution in [0.15, 0.2) is 73.1 Å². The van der Waals surface area contributed by atoms with Crippen molar-refractivity contribution in [2.24, 2.45) is 0 Å². The van der Waals surface area contributed by atoms with Gasteiger partial charge in [-0.25, -0.2) is 0 Å². The number of hydrogen-bond acceptors (Lipinski definition) is 2. The fourth-order valence-electron chi connectivity index (χ4n) is 2.68. The fraction of sp³-hybridized carbons (Fsp3) is 0.143. The Kier molecular flexibility index (Phi) is 5.93. The number of aromatic nitrogens is 2. The van der Waals surface area contributed by atoms with Crippen LogP contribution in [0, 0.1) is 0 Å². The Morgan fingerprint density at radius 2 is 1.86 bits per heavy atom. The number of amides is 1. The molecule has 0 aliphatic heterocycles. The molecule has 0 aliphatic rings. The molecule has 144 valence electrons. The Morgan fingerprint density at radius 3 is 2.57 bits per heavy atom. The fourth-order valence-corrected chi connectivity index (χ4v) is 2.68. The van der Waals surface area contributed by atoms with Crippen LogP contribution in [0.5, 0.6) is 0 Å². The van der Waals surface area contributed by atoms with Crippen LogP contribution in [0.3, 0.4) is 0 Å². The first-order valence-electron chi connectivity index (χ1n) is 8.59. The molecule has 0 radical (unpaired) electrons. The Bertz CT molecular complexity index is 963. The zero-order chi connectivity index (χ0) is 20.0. The van der Waals surface area contributed by atoms with E-state index in [0.717, 1.165) is 23.3 Å². The predicted molar refractivity (Wildman–Crippen MR) is 100 cm³/mol. The van der Waals surface area contributed by atoms with E-state index >= 15 is 0 Å². The lowest BCUT2D eigenvalue weighted by atomic mass is 10.1. The van der Waals surface area contributed by atoms with Crippen LogP contribution in [0.1, 0.15) is 22.3 Å². The standard InChI is InChI=1S/C21H18F3N3O/c22-21(23,24)19-8-3-5-16(13-19)9-10-20(28)25-14-17-6-1-2-7-18(17)15-27-12-4-11-26-27/h1-13H,14-15H2,(H,25,28)/b10-9+. The smallest absolute Gasteiger partial charge is 0.348 e. The number of benzene rings is 2. The first-order chi connectivity index (χ1) is 13.4. The molecule has 1 amide bonds. The molecule has 0 saturated heterocycles. The van der Waals surface area contributed by atoms with Crippen molar-refractivity contribution in [1.29, 1.82) is 0 Å². The van der Waals surface area contributed by atoms with Gasteiger partial charge in [-0.2, -0.15) is 18.3 Å². The molecule has 0 atom stereocenters. The highest BCUT2D eigenvalue weighted by molar-refractivity contribution is 5.91. The van der Waals surface area contributed by atoms with E-state index in [1.54, 1.807) is 10.9 Å².